The van der Waals surface area contributed by atoms with Gasteiger partial charge < -0.3 is 10.6 Å². The lowest BCUT2D eigenvalue weighted by atomic mass is 9.99. The molecule has 100 valence electrons. The molecule has 0 bridgehead atoms. The second-order valence-corrected chi connectivity index (χ2v) is 4.96. The van der Waals surface area contributed by atoms with E-state index >= 15 is 0 Å². The van der Waals surface area contributed by atoms with Crippen molar-refractivity contribution in [3.63, 3.8) is 0 Å². The summed E-state index contributed by atoms with van der Waals surface area (Å²) < 4.78 is 38.3. The highest BCUT2D eigenvalue weighted by Crippen LogP contribution is 2.36. The van der Waals surface area contributed by atoms with E-state index in [4.69, 9.17) is 5.73 Å². The molecule has 0 radical (unpaired) electrons. The average molecular weight is 258 g/mol. The predicted molar refractivity (Wildman–Crippen MR) is 66.5 cm³/mol. The quantitative estimate of drug-likeness (QED) is 0.781. The fourth-order valence-electron chi connectivity index (χ4n) is 2.41. The number of hydrogen-bond acceptors (Lipinski definition) is 2. The van der Waals surface area contributed by atoms with Crippen LogP contribution in [0.1, 0.15) is 25.3 Å². The van der Waals surface area contributed by atoms with Crippen LogP contribution < -0.4 is 10.6 Å². The van der Waals surface area contributed by atoms with Crippen LogP contribution in [0.4, 0.5) is 24.5 Å². The van der Waals surface area contributed by atoms with E-state index in [0.717, 1.165) is 32.0 Å². The third-order valence-corrected chi connectivity index (χ3v) is 3.36. The van der Waals surface area contributed by atoms with E-state index in [1.54, 1.807) is 6.07 Å². The Hall–Kier alpha value is -1.39. The van der Waals surface area contributed by atoms with Crippen molar-refractivity contribution < 1.29 is 13.2 Å². The molecular formula is C13H17F3N2. The molecule has 2 nitrogen and oxygen atoms in total. The number of halogens is 3. The zero-order valence-electron chi connectivity index (χ0n) is 10.3. The Bertz CT molecular complexity index is 429. The molecule has 18 heavy (non-hydrogen) atoms. The first-order valence-corrected chi connectivity index (χ1v) is 6.09. The van der Waals surface area contributed by atoms with E-state index < -0.39 is 11.7 Å². The summed E-state index contributed by atoms with van der Waals surface area (Å²) in [5, 5.41) is 0. The third kappa shape index (κ3) is 2.71. The molecule has 1 fully saturated rings. The van der Waals surface area contributed by atoms with Crippen molar-refractivity contribution >= 4 is 11.4 Å². The lowest BCUT2D eigenvalue weighted by molar-refractivity contribution is -0.136. The van der Waals surface area contributed by atoms with E-state index in [9.17, 15) is 13.2 Å². The molecule has 0 aliphatic carbocycles. The van der Waals surface area contributed by atoms with Crippen molar-refractivity contribution in [3.8, 4) is 0 Å². The maximum atomic E-state index is 12.8. The lowest BCUT2D eigenvalue weighted by Gasteiger charge is -2.33. The van der Waals surface area contributed by atoms with Gasteiger partial charge in [0.2, 0.25) is 0 Å². The van der Waals surface area contributed by atoms with Gasteiger partial charge >= 0.3 is 6.18 Å². The number of anilines is 2. The van der Waals surface area contributed by atoms with Gasteiger partial charge in [-0.05, 0) is 37.0 Å². The SMILES string of the molecule is CC1CCCN(c2ccc(N)c(C(F)(F)F)c2)C1. The van der Waals surface area contributed by atoms with Crippen LogP contribution in [0, 0.1) is 5.92 Å². The Morgan fingerprint density at radius 2 is 2.06 bits per heavy atom. The molecule has 1 saturated heterocycles. The molecule has 1 unspecified atom stereocenters. The number of nitrogens with two attached hydrogens (primary N) is 1. The summed E-state index contributed by atoms with van der Waals surface area (Å²) >= 11 is 0. The van der Waals surface area contributed by atoms with Gasteiger partial charge in [0.15, 0.2) is 0 Å². The van der Waals surface area contributed by atoms with Gasteiger partial charge in [-0.2, -0.15) is 13.2 Å². The van der Waals surface area contributed by atoms with Gasteiger partial charge in [0.05, 0.1) is 5.56 Å². The summed E-state index contributed by atoms with van der Waals surface area (Å²) in [5.74, 6) is 0.519. The number of rotatable bonds is 1. The lowest BCUT2D eigenvalue weighted by Crippen LogP contribution is -2.34. The van der Waals surface area contributed by atoms with E-state index in [0.29, 0.717) is 11.6 Å². The third-order valence-electron chi connectivity index (χ3n) is 3.36. The van der Waals surface area contributed by atoms with Crippen LogP contribution in [-0.2, 0) is 6.18 Å². The Balaban J connectivity index is 2.29. The number of hydrogen-bond donors (Lipinski definition) is 1. The standard InChI is InChI=1S/C13H17F3N2/c1-9-3-2-6-18(8-9)10-4-5-12(17)11(7-10)13(14,15)16/h4-5,7,9H,2-3,6,8,17H2,1H3. The van der Waals surface area contributed by atoms with Crippen molar-refractivity contribution in [2.45, 2.75) is 25.9 Å². The van der Waals surface area contributed by atoms with Gasteiger partial charge in [-0.1, -0.05) is 6.92 Å². The zero-order chi connectivity index (χ0) is 13.3. The fraction of sp³-hybridized carbons (Fsp3) is 0.538. The maximum Gasteiger partial charge on any atom is 0.418 e. The van der Waals surface area contributed by atoms with E-state index in [2.05, 4.69) is 6.92 Å². The first-order chi connectivity index (χ1) is 8.38. The average Bonchev–Trinajstić information content (AvgIpc) is 2.28. The van der Waals surface area contributed by atoms with Crippen molar-refractivity contribution in [2.75, 3.05) is 23.7 Å². The smallest absolute Gasteiger partial charge is 0.398 e. The van der Waals surface area contributed by atoms with Crippen LogP contribution >= 0.6 is 0 Å². The summed E-state index contributed by atoms with van der Waals surface area (Å²) in [6.45, 7) is 3.74. The molecule has 0 amide bonds. The van der Waals surface area contributed by atoms with E-state index in [-0.39, 0.29) is 5.69 Å². The first-order valence-electron chi connectivity index (χ1n) is 6.09. The topological polar surface area (TPSA) is 29.3 Å². The highest BCUT2D eigenvalue weighted by molar-refractivity contribution is 5.59. The number of benzene rings is 1. The molecule has 0 aromatic heterocycles. The van der Waals surface area contributed by atoms with Crippen molar-refractivity contribution in [2.24, 2.45) is 5.92 Å². The molecule has 0 saturated carbocycles. The fourth-order valence-corrected chi connectivity index (χ4v) is 2.41. The van der Waals surface area contributed by atoms with Crippen LogP contribution in [0.15, 0.2) is 18.2 Å². The molecule has 1 aliphatic heterocycles. The van der Waals surface area contributed by atoms with Crippen LogP contribution in [0.3, 0.4) is 0 Å². The second kappa shape index (κ2) is 4.71. The highest BCUT2D eigenvalue weighted by Gasteiger charge is 2.33. The summed E-state index contributed by atoms with van der Waals surface area (Å²) in [6.07, 6.45) is -2.23. The van der Waals surface area contributed by atoms with Gasteiger partial charge in [-0.3, -0.25) is 0 Å². The monoisotopic (exact) mass is 258 g/mol. The van der Waals surface area contributed by atoms with Crippen molar-refractivity contribution in [3.05, 3.63) is 23.8 Å². The Morgan fingerprint density at radius 3 is 2.67 bits per heavy atom. The summed E-state index contributed by atoms with van der Waals surface area (Å²) in [4.78, 5) is 2.00. The summed E-state index contributed by atoms with van der Waals surface area (Å²) in [6, 6.07) is 4.17. The van der Waals surface area contributed by atoms with Crippen LogP contribution in [0.2, 0.25) is 0 Å². The Kier molecular flexibility index (Phi) is 3.41. The maximum absolute atomic E-state index is 12.8. The van der Waals surface area contributed by atoms with Gasteiger partial charge in [-0.25, -0.2) is 0 Å². The second-order valence-electron chi connectivity index (χ2n) is 4.96. The Morgan fingerprint density at radius 1 is 1.33 bits per heavy atom. The molecule has 1 aromatic rings. The van der Waals surface area contributed by atoms with Gasteiger partial charge in [-0.15, -0.1) is 0 Å². The van der Waals surface area contributed by atoms with Gasteiger partial charge in [0.1, 0.15) is 0 Å². The largest absolute Gasteiger partial charge is 0.418 e. The predicted octanol–water partition coefficient (Wildman–Crippen LogP) is 3.52. The molecule has 2 rings (SSSR count). The molecule has 1 atom stereocenters. The minimum absolute atomic E-state index is 0.212. The van der Waals surface area contributed by atoms with E-state index in [1.165, 1.54) is 6.07 Å². The molecular weight excluding hydrogens is 241 g/mol. The van der Waals surface area contributed by atoms with Crippen LogP contribution in [0.25, 0.3) is 0 Å². The van der Waals surface area contributed by atoms with Crippen molar-refractivity contribution in [1.29, 1.82) is 0 Å². The van der Waals surface area contributed by atoms with Crippen LogP contribution in [0.5, 0.6) is 0 Å². The molecule has 1 aromatic carbocycles. The van der Waals surface area contributed by atoms with Gasteiger partial charge in [0.25, 0.3) is 0 Å². The van der Waals surface area contributed by atoms with Gasteiger partial charge in [0, 0.05) is 24.5 Å². The molecule has 5 heteroatoms. The number of alkyl halides is 3. The highest BCUT2D eigenvalue weighted by atomic mass is 19.4. The summed E-state index contributed by atoms with van der Waals surface area (Å²) in [5.41, 5.74) is 5.06. The number of nitrogens with zero attached hydrogens (tertiary/aromatic N) is 1. The minimum Gasteiger partial charge on any atom is -0.398 e. The molecule has 2 N–H and O–H groups in total. The molecule has 0 spiro atoms. The van der Waals surface area contributed by atoms with Crippen molar-refractivity contribution in [1.82, 2.24) is 0 Å². The molecule has 1 heterocycles. The summed E-state index contributed by atoms with van der Waals surface area (Å²) in [7, 11) is 0. The Labute approximate surface area is 105 Å². The normalized spacial score (nSPS) is 21.1. The van der Waals surface area contributed by atoms with Crippen LogP contribution in [-0.4, -0.2) is 13.1 Å². The number of nitrogen functional groups attached to an aromatic ring is 1. The zero-order valence-corrected chi connectivity index (χ0v) is 10.3. The van der Waals surface area contributed by atoms with E-state index in [1.807, 2.05) is 4.90 Å². The number of piperidine rings is 1. The molecule has 1 aliphatic rings. The minimum atomic E-state index is -4.39. The first kappa shape index (κ1) is 13.1.